The SMILES string of the molecule is CCc1ccc(NC(=O)COC(=O)C2CCN(S(=O)(=O)c3cccnc3)CC2)cc1. The third-order valence-electron chi connectivity index (χ3n) is 5.05. The average molecular weight is 432 g/mol. The van der Waals surface area contributed by atoms with Crippen LogP contribution >= 0.6 is 0 Å². The Labute approximate surface area is 176 Å². The highest BCUT2D eigenvalue weighted by molar-refractivity contribution is 7.89. The lowest BCUT2D eigenvalue weighted by atomic mass is 9.98. The van der Waals surface area contributed by atoms with Crippen molar-refractivity contribution in [1.29, 1.82) is 0 Å². The minimum atomic E-state index is -3.62. The fourth-order valence-corrected chi connectivity index (χ4v) is 4.69. The van der Waals surface area contributed by atoms with Gasteiger partial charge in [0, 0.05) is 31.2 Å². The monoisotopic (exact) mass is 431 g/mol. The van der Waals surface area contributed by atoms with Gasteiger partial charge in [-0.1, -0.05) is 19.1 Å². The average Bonchev–Trinajstić information content (AvgIpc) is 2.78. The van der Waals surface area contributed by atoms with E-state index in [9.17, 15) is 18.0 Å². The van der Waals surface area contributed by atoms with Crippen LogP contribution in [0.5, 0.6) is 0 Å². The lowest BCUT2D eigenvalue weighted by molar-refractivity contribution is -0.152. The van der Waals surface area contributed by atoms with E-state index in [1.54, 1.807) is 18.2 Å². The van der Waals surface area contributed by atoms with Crippen LogP contribution < -0.4 is 5.32 Å². The number of nitrogens with zero attached hydrogens (tertiary/aromatic N) is 2. The molecular weight excluding hydrogens is 406 g/mol. The second-order valence-corrected chi connectivity index (χ2v) is 9.01. The largest absolute Gasteiger partial charge is 0.455 e. The third-order valence-corrected chi connectivity index (χ3v) is 6.93. The number of nitrogens with one attached hydrogen (secondary N) is 1. The molecule has 1 aliphatic rings. The summed E-state index contributed by atoms with van der Waals surface area (Å²) < 4.78 is 31.7. The minimum absolute atomic E-state index is 0.134. The molecule has 3 rings (SSSR count). The summed E-state index contributed by atoms with van der Waals surface area (Å²) in [6.07, 6.45) is 4.42. The predicted molar refractivity (Wildman–Crippen MR) is 111 cm³/mol. The highest BCUT2D eigenvalue weighted by Gasteiger charge is 2.33. The summed E-state index contributed by atoms with van der Waals surface area (Å²) >= 11 is 0. The van der Waals surface area contributed by atoms with Gasteiger partial charge in [-0.2, -0.15) is 4.31 Å². The van der Waals surface area contributed by atoms with Gasteiger partial charge in [0.25, 0.3) is 5.91 Å². The molecule has 2 heterocycles. The first-order valence-corrected chi connectivity index (χ1v) is 11.3. The Morgan fingerprint density at radius 1 is 1.17 bits per heavy atom. The smallest absolute Gasteiger partial charge is 0.309 e. The number of piperidine rings is 1. The summed E-state index contributed by atoms with van der Waals surface area (Å²) in [5.74, 6) is -1.32. The molecule has 1 amide bonds. The zero-order valence-corrected chi connectivity index (χ0v) is 17.6. The molecule has 1 aliphatic heterocycles. The number of esters is 1. The fourth-order valence-electron chi connectivity index (χ4n) is 3.26. The van der Waals surface area contributed by atoms with Gasteiger partial charge < -0.3 is 10.1 Å². The van der Waals surface area contributed by atoms with E-state index >= 15 is 0 Å². The van der Waals surface area contributed by atoms with Crippen LogP contribution in [0.4, 0.5) is 5.69 Å². The van der Waals surface area contributed by atoms with Crippen LogP contribution in [0, 0.1) is 5.92 Å². The topological polar surface area (TPSA) is 106 Å². The number of hydrogen-bond donors (Lipinski definition) is 1. The predicted octanol–water partition coefficient (Wildman–Crippen LogP) is 2.23. The number of carbonyl (C=O) groups is 2. The first kappa shape index (κ1) is 21.9. The van der Waals surface area contributed by atoms with E-state index in [4.69, 9.17) is 4.74 Å². The maximum Gasteiger partial charge on any atom is 0.309 e. The quantitative estimate of drug-likeness (QED) is 0.674. The highest BCUT2D eigenvalue weighted by atomic mass is 32.2. The molecular formula is C21H25N3O5S. The maximum absolute atomic E-state index is 12.6. The summed E-state index contributed by atoms with van der Waals surface area (Å²) in [6, 6.07) is 10.5. The molecule has 1 fully saturated rings. The van der Waals surface area contributed by atoms with Crippen LogP contribution in [0.3, 0.4) is 0 Å². The molecule has 1 aromatic heterocycles. The molecule has 8 nitrogen and oxygen atoms in total. The van der Waals surface area contributed by atoms with E-state index in [1.165, 1.54) is 22.8 Å². The van der Waals surface area contributed by atoms with Crippen molar-refractivity contribution in [1.82, 2.24) is 9.29 Å². The third kappa shape index (κ3) is 5.43. The Kier molecular flexibility index (Phi) is 7.17. The van der Waals surface area contributed by atoms with E-state index in [0.29, 0.717) is 18.5 Å². The van der Waals surface area contributed by atoms with Crippen molar-refractivity contribution in [3.63, 3.8) is 0 Å². The normalized spacial score (nSPS) is 15.5. The highest BCUT2D eigenvalue weighted by Crippen LogP contribution is 2.24. The number of sulfonamides is 1. The van der Waals surface area contributed by atoms with Crippen molar-refractivity contribution in [3.05, 3.63) is 54.4 Å². The number of rotatable bonds is 7. The molecule has 2 aromatic rings. The fraction of sp³-hybridized carbons (Fsp3) is 0.381. The number of ether oxygens (including phenoxy) is 1. The lowest BCUT2D eigenvalue weighted by Crippen LogP contribution is -2.40. The molecule has 0 radical (unpaired) electrons. The number of anilines is 1. The van der Waals surface area contributed by atoms with Crippen molar-refractivity contribution < 1.29 is 22.7 Å². The van der Waals surface area contributed by atoms with Gasteiger partial charge in [-0.15, -0.1) is 0 Å². The molecule has 30 heavy (non-hydrogen) atoms. The molecule has 1 N–H and O–H groups in total. The van der Waals surface area contributed by atoms with Crippen molar-refractivity contribution in [2.45, 2.75) is 31.1 Å². The second-order valence-electron chi connectivity index (χ2n) is 7.07. The summed E-state index contributed by atoms with van der Waals surface area (Å²) in [5.41, 5.74) is 1.80. The Balaban J connectivity index is 1.45. The molecule has 0 aliphatic carbocycles. The van der Waals surface area contributed by atoms with Crippen molar-refractivity contribution in [2.24, 2.45) is 5.92 Å². The van der Waals surface area contributed by atoms with Crippen LogP contribution in [0.2, 0.25) is 0 Å². The van der Waals surface area contributed by atoms with Gasteiger partial charge in [-0.05, 0) is 49.1 Å². The van der Waals surface area contributed by atoms with Gasteiger partial charge in [0.05, 0.1) is 5.92 Å². The Bertz CT molecular complexity index is 969. The maximum atomic E-state index is 12.6. The van der Waals surface area contributed by atoms with Gasteiger partial charge in [-0.25, -0.2) is 8.42 Å². The van der Waals surface area contributed by atoms with E-state index in [0.717, 1.165) is 12.0 Å². The summed E-state index contributed by atoms with van der Waals surface area (Å²) in [4.78, 5) is 28.3. The number of amides is 1. The minimum Gasteiger partial charge on any atom is -0.455 e. The van der Waals surface area contributed by atoms with Crippen LogP contribution in [0.1, 0.15) is 25.3 Å². The lowest BCUT2D eigenvalue weighted by Gasteiger charge is -2.29. The Morgan fingerprint density at radius 3 is 2.47 bits per heavy atom. The molecule has 0 atom stereocenters. The number of benzene rings is 1. The van der Waals surface area contributed by atoms with Crippen molar-refractivity contribution >= 4 is 27.6 Å². The van der Waals surface area contributed by atoms with Crippen LogP contribution in [-0.2, 0) is 30.8 Å². The summed E-state index contributed by atoms with van der Waals surface area (Å²) in [7, 11) is -3.62. The van der Waals surface area contributed by atoms with Gasteiger partial charge in [0.15, 0.2) is 6.61 Å². The summed E-state index contributed by atoms with van der Waals surface area (Å²) in [5, 5.41) is 2.69. The van der Waals surface area contributed by atoms with Crippen LogP contribution in [0.15, 0.2) is 53.7 Å². The van der Waals surface area contributed by atoms with Gasteiger partial charge in [-0.3, -0.25) is 14.6 Å². The molecule has 9 heteroatoms. The van der Waals surface area contributed by atoms with Gasteiger partial charge in [0.1, 0.15) is 4.90 Å². The number of aryl methyl sites for hydroxylation is 1. The molecule has 1 saturated heterocycles. The molecule has 0 unspecified atom stereocenters. The first-order chi connectivity index (χ1) is 14.4. The van der Waals surface area contributed by atoms with E-state index in [-0.39, 0.29) is 24.6 Å². The van der Waals surface area contributed by atoms with Crippen molar-refractivity contribution in [3.8, 4) is 0 Å². The van der Waals surface area contributed by atoms with E-state index in [2.05, 4.69) is 10.3 Å². The molecule has 1 aromatic carbocycles. The molecule has 160 valence electrons. The number of hydrogen-bond acceptors (Lipinski definition) is 6. The van der Waals surface area contributed by atoms with Crippen LogP contribution in [-0.4, -0.2) is 49.3 Å². The molecule has 0 spiro atoms. The number of aromatic nitrogens is 1. The van der Waals surface area contributed by atoms with E-state index < -0.39 is 27.8 Å². The molecule has 0 saturated carbocycles. The zero-order chi connectivity index (χ0) is 21.6. The van der Waals surface area contributed by atoms with Gasteiger partial charge >= 0.3 is 5.97 Å². The Hall–Kier alpha value is -2.78. The standard InChI is InChI=1S/C21H25N3O5S/c1-2-16-5-7-18(8-6-16)23-20(25)15-29-21(26)17-9-12-24(13-10-17)30(27,28)19-4-3-11-22-14-19/h3-8,11,14,17H,2,9-10,12-13,15H2,1H3,(H,23,25). The summed E-state index contributed by atoms with van der Waals surface area (Å²) in [6.45, 7) is 2.11. The first-order valence-electron chi connectivity index (χ1n) is 9.85. The zero-order valence-electron chi connectivity index (χ0n) is 16.8. The van der Waals surface area contributed by atoms with Gasteiger partial charge in [0.2, 0.25) is 10.0 Å². The number of pyridine rings is 1. The van der Waals surface area contributed by atoms with Crippen molar-refractivity contribution in [2.75, 3.05) is 25.0 Å². The Morgan fingerprint density at radius 2 is 1.87 bits per heavy atom. The number of carbonyl (C=O) groups excluding carboxylic acids is 2. The molecule has 0 bridgehead atoms. The van der Waals surface area contributed by atoms with Crippen LogP contribution in [0.25, 0.3) is 0 Å². The van der Waals surface area contributed by atoms with E-state index in [1.807, 2.05) is 19.1 Å². The second kappa shape index (κ2) is 9.82.